The third-order valence-corrected chi connectivity index (χ3v) is 2.48. The molecule has 3 nitrogen and oxygen atoms in total. The number of likely N-dealkylation sites (N-methyl/N-ethyl adjacent to an activating group) is 2. The molecule has 70 valence electrons. The molecular formula is C9H18N2O. The van der Waals surface area contributed by atoms with Gasteiger partial charge in [-0.3, -0.25) is 9.69 Å². The molecule has 0 unspecified atom stereocenters. The Balaban J connectivity index is 2.58. The summed E-state index contributed by atoms with van der Waals surface area (Å²) in [6, 6.07) is 0.120. The van der Waals surface area contributed by atoms with Crippen LogP contribution in [-0.2, 0) is 4.79 Å². The predicted octanol–water partition coefficient (Wildman–Crippen LogP) is 0.415. The molecular weight excluding hydrogens is 152 g/mol. The largest absolute Gasteiger partial charge is 0.347 e. The molecule has 0 aromatic carbocycles. The van der Waals surface area contributed by atoms with Gasteiger partial charge in [0.2, 0.25) is 5.91 Å². The Morgan fingerprint density at radius 1 is 1.50 bits per heavy atom. The number of hydrogen-bond acceptors (Lipinski definition) is 2. The van der Waals surface area contributed by atoms with Crippen molar-refractivity contribution in [1.82, 2.24) is 9.80 Å². The number of rotatable bonds is 1. The van der Waals surface area contributed by atoms with Gasteiger partial charge in [-0.1, -0.05) is 6.92 Å². The van der Waals surface area contributed by atoms with Crippen LogP contribution in [0.15, 0.2) is 0 Å². The second kappa shape index (κ2) is 3.44. The summed E-state index contributed by atoms with van der Waals surface area (Å²) in [5, 5.41) is 0. The van der Waals surface area contributed by atoms with E-state index >= 15 is 0 Å². The molecule has 0 saturated carbocycles. The van der Waals surface area contributed by atoms with Crippen LogP contribution in [0.5, 0.6) is 0 Å². The number of carbonyl (C=O) groups excluding carboxylic acids is 1. The summed E-state index contributed by atoms with van der Waals surface area (Å²) in [6.45, 7) is 3.24. The Morgan fingerprint density at radius 2 is 2.08 bits per heavy atom. The number of likely N-dealkylation sites (tertiary alicyclic amines) is 1. The highest BCUT2D eigenvalue weighted by atomic mass is 16.2. The highest BCUT2D eigenvalue weighted by Crippen LogP contribution is 2.21. The van der Waals surface area contributed by atoms with E-state index in [9.17, 15) is 4.79 Å². The molecule has 2 atom stereocenters. The van der Waals surface area contributed by atoms with Crippen molar-refractivity contribution in [2.75, 3.05) is 27.7 Å². The lowest BCUT2D eigenvalue weighted by atomic mass is 10.1. The average molecular weight is 170 g/mol. The molecule has 0 radical (unpaired) electrons. The van der Waals surface area contributed by atoms with Crippen molar-refractivity contribution in [2.45, 2.75) is 19.4 Å². The predicted molar refractivity (Wildman–Crippen MR) is 48.9 cm³/mol. The summed E-state index contributed by atoms with van der Waals surface area (Å²) in [4.78, 5) is 15.4. The van der Waals surface area contributed by atoms with Crippen LogP contribution in [0.4, 0.5) is 0 Å². The van der Waals surface area contributed by atoms with Crippen molar-refractivity contribution in [1.29, 1.82) is 0 Å². The molecule has 1 heterocycles. The van der Waals surface area contributed by atoms with E-state index in [0.717, 1.165) is 13.0 Å². The molecule has 1 aliphatic heterocycles. The second-order valence-electron chi connectivity index (χ2n) is 4.03. The zero-order valence-corrected chi connectivity index (χ0v) is 8.37. The molecule has 0 aromatic heterocycles. The molecule has 1 fully saturated rings. The fourth-order valence-electron chi connectivity index (χ4n) is 1.84. The van der Waals surface area contributed by atoms with Crippen LogP contribution in [-0.4, -0.2) is 49.4 Å². The first-order valence-corrected chi connectivity index (χ1v) is 4.43. The van der Waals surface area contributed by atoms with Crippen LogP contribution in [0.25, 0.3) is 0 Å². The molecule has 1 saturated heterocycles. The van der Waals surface area contributed by atoms with Crippen LogP contribution < -0.4 is 0 Å². The Morgan fingerprint density at radius 3 is 2.42 bits per heavy atom. The van der Waals surface area contributed by atoms with Gasteiger partial charge in [0.05, 0.1) is 6.04 Å². The fourth-order valence-corrected chi connectivity index (χ4v) is 1.84. The molecule has 1 rings (SSSR count). The zero-order chi connectivity index (χ0) is 9.30. The van der Waals surface area contributed by atoms with Gasteiger partial charge in [0.15, 0.2) is 0 Å². The summed E-state index contributed by atoms with van der Waals surface area (Å²) in [5.74, 6) is 0.894. The van der Waals surface area contributed by atoms with E-state index in [1.54, 1.807) is 4.90 Å². The number of amides is 1. The van der Waals surface area contributed by atoms with Gasteiger partial charge in [0, 0.05) is 20.6 Å². The van der Waals surface area contributed by atoms with Crippen LogP contribution in [0.2, 0.25) is 0 Å². The molecule has 0 N–H and O–H groups in total. The smallest absolute Gasteiger partial charge is 0.239 e. The SMILES string of the molecule is C[C@H]1C[C@@H](C(=O)N(C)C)N(C)C1. The standard InChI is InChI=1S/C9H18N2O/c1-7-5-8(11(4)6-7)9(12)10(2)3/h7-8H,5-6H2,1-4H3/t7-,8-/m0/s1. The van der Waals surface area contributed by atoms with Gasteiger partial charge in [0.1, 0.15) is 0 Å². The molecule has 12 heavy (non-hydrogen) atoms. The maximum absolute atomic E-state index is 11.6. The van der Waals surface area contributed by atoms with E-state index in [-0.39, 0.29) is 11.9 Å². The van der Waals surface area contributed by atoms with E-state index in [1.807, 2.05) is 21.1 Å². The topological polar surface area (TPSA) is 23.6 Å². The first kappa shape index (κ1) is 9.52. The molecule has 0 aromatic rings. The Kier molecular flexibility index (Phi) is 2.73. The van der Waals surface area contributed by atoms with E-state index in [2.05, 4.69) is 11.8 Å². The van der Waals surface area contributed by atoms with E-state index in [0.29, 0.717) is 5.92 Å². The van der Waals surface area contributed by atoms with E-state index < -0.39 is 0 Å². The van der Waals surface area contributed by atoms with Crippen molar-refractivity contribution in [3.8, 4) is 0 Å². The minimum absolute atomic E-state index is 0.120. The Hall–Kier alpha value is -0.570. The molecule has 0 aliphatic carbocycles. The minimum Gasteiger partial charge on any atom is -0.347 e. The highest BCUT2D eigenvalue weighted by Gasteiger charge is 2.32. The van der Waals surface area contributed by atoms with Crippen LogP contribution in [0.3, 0.4) is 0 Å². The van der Waals surface area contributed by atoms with Gasteiger partial charge in [0.25, 0.3) is 0 Å². The number of nitrogens with zero attached hydrogens (tertiary/aromatic N) is 2. The molecule has 1 aliphatic rings. The summed E-state index contributed by atoms with van der Waals surface area (Å²) in [7, 11) is 5.66. The minimum atomic E-state index is 0.120. The third-order valence-electron chi connectivity index (χ3n) is 2.48. The highest BCUT2D eigenvalue weighted by molar-refractivity contribution is 5.81. The van der Waals surface area contributed by atoms with Crippen molar-refractivity contribution in [2.24, 2.45) is 5.92 Å². The normalized spacial score (nSPS) is 30.7. The summed E-state index contributed by atoms with van der Waals surface area (Å²) in [5.41, 5.74) is 0. The van der Waals surface area contributed by atoms with Crippen LogP contribution >= 0.6 is 0 Å². The van der Waals surface area contributed by atoms with Crippen molar-refractivity contribution < 1.29 is 4.79 Å². The van der Waals surface area contributed by atoms with Crippen LogP contribution in [0.1, 0.15) is 13.3 Å². The Bertz CT molecular complexity index is 179. The van der Waals surface area contributed by atoms with Crippen molar-refractivity contribution in [3.05, 3.63) is 0 Å². The van der Waals surface area contributed by atoms with Gasteiger partial charge >= 0.3 is 0 Å². The van der Waals surface area contributed by atoms with Gasteiger partial charge in [-0.25, -0.2) is 0 Å². The first-order chi connectivity index (χ1) is 5.52. The summed E-state index contributed by atoms with van der Waals surface area (Å²) < 4.78 is 0. The Labute approximate surface area is 74.3 Å². The maximum atomic E-state index is 11.6. The first-order valence-electron chi connectivity index (χ1n) is 4.43. The van der Waals surface area contributed by atoms with E-state index in [4.69, 9.17) is 0 Å². The third kappa shape index (κ3) is 1.78. The fraction of sp³-hybridized carbons (Fsp3) is 0.889. The van der Waals surface area contributed by atoms with Gasteiger partial charge in [-0.05, 0) is 19.4 Å². The average Bonchev–Trinajstić information content (AvgIpc) is 2.28. The number of hydrogen-bond donors (Lipinski definition) is 0. The quantitative estimate of drug-likeness (QED) is 0.569. The monoisotopic (exact) mass is 170 g/mol. The lowest BCUT2D eigenvalue weighted by molar-refractivity contribution is -0.132. The molecule has 0 bridgehead atoms. The summed E-state index contributed by atoms with van der Waals surface area (Å²) in [6.07, 6.45) is 1.01. The lowest BCUT2D eigenvalue weighted by Crippen LogP contribution is -2.40. The molecule has 3 heteroatoms. The number of carbonyl (C=O) groups is 1. The van der Waals surface area contributed by atoms with Crippen molar-refractivity contribution in [3.63, 3.8) is 0 Å². The second-order valence-corrected chi connectivity index (χ2v) is 4.03. The van der Waals surface area contributed by atoms with Gasteiger partial charge in [-0.2, -0.15) is 0 Å². The molecule has 0 spiro atoms. The van der Waals surface area contributed by atoms with E-state index in [1.165, 1.54) is 0 Å². The summed E-state index contributed by atoms with van der Waals surface area (Å²) >= 11 is 0. The molecule has 1 amide bonds. The lowest BCUT2D eigenvalue weighted by Gasteiger charge is -2.21. The zero-order valence-electron chi connectivity index (χ0n) is 8.37. The maximum Gasteiger partial charge on any atom is 0.239 e. The van der Waals surface area contributed by atoms with Gasteiger partial charge in [-0.15, -0.1) is 0 Å². The van der Waals surface area contributed by atoms with Crippen LogP contribution in [0, 0.1) is 5.92 Å². The van der Waals surface area contributed by atoms with Gasteiger partial charge < -0.3 is 4.90 Å². The van der Waals surface area contributed by atoms with Crippen molar-refractivity contribution >= 4 is 5.91 Å².